The third-order valence-corrected chi connectivity index (χ3v) is 25.5. The van der Waals surface area contributed by atoms with E-state index in [9.17, 15) is 5.11 Å². The molecule has 5 rings (SSSR count). The lowest BCUT2D eigenvalue weighted by Gasteiger charge is -2.42. The molecule has 1 unspecified atom stereocenters. The van der Waals surface area contributed by atoms with E-state index in [0.717, 1.165) is 6.42 Å². The van der Waals surface area contributed by atoms with Gasteiger partial charge < -0.3 is 19.2 Å². The summed E-state index contributed by atoms with van der Waals surface area (Å²) in [7, 11) is -3.30. The molecule has 1 saturated heterocycles. The number of halogens is 2. The maximum Gasteiger partial charge on any atom is 0.258 e. The van der Waals surface area contributed by atoms with Gasteiger partial charge in [-0.3, -0.25) is 0 Å². The van der Waals surface area contributed by atoms with Gasteiger partial charge in [0.25, 0.3) is 8.32 Å². The summed E-state index contributed by atoms with van der Waals surface area (Å²) in [6.07, 6.45) is 3.23. The summed E-state index contributed by atoms with van der Waals surface area (Å²) >= 11 is 1.31. The molecule has 0 bridgehead atoms. The maximum atomic E-state index is 17.8. The molecule has 1 fully saturated rings. The van der Waals surface area contributed by atoms with Crippen molar-refractivity contribution in [1.29, 1.82) is 0 Å². The minimum Gasteiger partial charge on any atom is -0.543 e. The Kier molecular flexibility index (Phi) is 13.5. The van der Waals surface area contributed by atoms with Crippen molar-refractivity contribution in [3.63, 3.8) is 0 Å². The van der Waals surface area contributed by atoms with Crippen molar-refractivity contribution in [3.05, 3.63) is 41.5 Å². The van der Waals surface area contributed by atoms with E-state index >= 15 is 8.78 Å². The Hall–Kier alpha value is -3.25. The van der Waals surface area contributed by atoms with Gasteiger partial charge in [-0.2, -0.15) is 0 Å². The average Bonchev–Trinajstić information content (AvgIpc) is 3.13. The van der Waals surface area contributed by atoms with E-state index in [4.69, 9.17) is 24.1 Å². The van der Waals surface area contributed by atoms with Crippen LogP contribution in [0, 0.1) is 23.1 Å². The van der Waals surface area contributed by atoms with Gasteiger partial charge in [-0.15, -0.1) is 5.54 Å². The van der Waals surface area contributed by atoms with Gasteiger partial charge in [0.15, 0.2) is 11.0 Å². The highest BCUT2D eigenvalue weighted by Crippen LogP contribution is 2.47. The summed E-state index contributed by atoms with van der Waals surface area (Å²) in [6.45, 7) is 29.5. The summed E-state index contributed by atoms with van der Waals surface area (Å²) in [5.74, 6) is 3.43. The minimum atomic E-state index is -2.49. The van der Waals surface area contributed by atoms with Gasteiger partial charge in [-0.05, 0) is 82.9 Å². The van der Waals surface area contributed by atoms with E-state index in [1.54, 1.807) is 13.0 Å². The van der Waals surface area contributed by atoms with Crippen molar-refractivity contribution < 1.29 is 23.1 Å². The molecular formula is C45H64F2N4O3SSi2. The van der Waals surface area contributed by atoms with Crippen LogP contribution in [0.4, 0.5) is 14.6 Å². The Balaban J connectivity index is 1.94. The van der Waals surface area contributed by atoms with E-state index in [1.807, 2.05) is 23.3 Å². The second kappa shape index (κ2) is 17.2. The van der Waals surface area contributed by atoms with Crippen LogP contribution in [0.5, 0.6) is 11.6 Å². The van der Waals surface area contributed by atoms with Crippen LogP contribution in [0.15, 0.2) is 29.4 Å². The van der Waals surface area contributed by atoms with Gasteiger partial charge in [0.1, 0.15) is 42.1 Å². The fourth-order valence-corrected chi connectivity index (χ4v) is 20.9. The van der Waals surface area contributed by atoms with Gasteiger partial charge in [0, 0.05) is 24.0 Å². The normalized spacial score (nSPS) is 16.9. The number of β-amino-alcohol motifs (C(OH)–C–C–N with tert-alkyl or cyclic N) is 1. The molecule has 7 nitrogen and oxygen atoms in total. The summed E-state index contributed by atoms with van der Waals surface area (Å²) < 4.78 is 47.5. The number of piperidine rings is 1. The molecule has 1 aliphatic rings. The number of benzene rings is 2. The largest absolute Gasteiger partial charge is 0.543 e. The molecule has 0 radical (unpaired) electrons. The summed E-state index contributed by atoms with van der Waals surface area (Å²) in [5, 5.41) is 12.9. The average molecular weight is 835 g/mol. The molecule has 310 valence electrons. The highest BCUT2D eigenvalue weighted by atomic mass is 32.2. The Labute approximate surface area is 346 Å². The molecule has 4 aromatic rings. The standard InChI is InChI=1S/C45H64F2N4O3SSi2/c1-26(2)56(27(3)4,28(5)6)22-19-34-36(46)18-17-32-23-33(54-57(29(7)8,30(9)10)31(11)12)24-35(37(32)34)40-39(47)41-38(43(48-40)53-14)42(50-44(49-41)55-15)51-21-16-20-45(13,52)25-51/h17-18,23-24,26-31,52H,16,20-21,25H2,1-15H3. The first-order chi connectivity index (χ1) is 26.7. The van der Waals surface area contributed by atoms with Crippen molar-refractivity contribution in [2.75, 3.05) is 31.4 Å². The highest BCUT2D eigenvalue weighted by molar-refractivity contribution is 7.98. The molecule has 1 aliphatic heterocycles. The number of aliphatic hydroxyl groups is 1. The molecule has 0 spiro atoms. The molecule has 0 amide bonds. The van der Waals surface area contributed by atoms with E-state index in [-0.39, 0.29) is 39.3 Å². The second-order valence-corrected chi connectivity index (χ2v) is 29.9. The first-order valence-corrected chi connectivity index (χ1v) is 26.2. The SMILES string of the molecule is COc1nc(-c2cc(O[Si](C(C)C)(C(C)C)C(C)C)cc3ccc(F)c(C#C[Si](C(C)C)(C(C)C)C(C)C)c23)c(F)c2nc(SC)nc(N3CCCC(C)(O)C3)c12. The predicted octanol–water partition coefficient (Wildman–Crippen LogP) is 12.3. The fraction of sp³-hybridized carbons (Fsp3) is 0.578. The molecule has 57 heavy (non-hydrogen) atoms. The van der Waals surface area contributed by atoms with Crippen molar-refractivity contribution in [2.45, 2.75) is 147 Å². The molecule has 0 aliphatic carbocycles. The van der Waals surface area contributed by atoms with Crippen LogP contribution in [-0.2, 0) is 0 Å². The van der Waals surface area contributed by atoms with Gasteiger partial charge in [-0.25, -0.2) is 23.7 Å². The van der Waals surface area contributed by atoms with E-state index < -0.39 is 33.6 Å². The topological polar surface area (TPSA) is 80.6 Å². The van der Waals surface area contributed by atoms with Gasteiger partial charge in [0.2, 0.25) is 5.88 Å². The lowest BCUT2D eigenvalue weighted by Crippen LogP contribution is -2.50. The zero-order chi connectivity index (χ0) is 42.4. The first kappa shape index (κ1) is 44.8. The second-order valence-electron chi connectivity index (χ2n) is 18.1. The number of ether oxygens (including phenoxy) is 1. The number of methoxy groups -OCH3 is 1. The van der Waals surface area contributed by atoms with Crippen LogP contribution in [-0.4, -0.2) is 68.5 Å². The molecule has 12 heteroatoms. The Bertz CT molecular complexity index is 2140. The van der Waals surface area contributed by atoms with Gasteiger partial charge in [0.05, 0.1) is 18.3 Å². The zero-order valence-corrected chi connectivity index (χ0v) is 39.6. The van der Waals surface area contributed by atoms with Crippen LogP contribution in [0.2, 0.25) is 33.2 Å². The number of hydrogen-bond donors (Lipinski definition) is 1. The summed E-state index contributed by atoms with van der Waals surface area (Å²) in [4.78, 5) is 16.4. The molecule has 2 aromatic heterocycles. The van der Waals surface area contributed by atoms with Crippen molar-refractivity contribution >= 4 is 55.6 Å². The van der Waals surface area contributed by atoms with E-state index in [2.05, 4.69) is 94.5 Å². The molecule has 1 N–H and O–H groups in total. The third kappa shape index (κ3) is 8.20. The molecular weight excluding hydrogens is 771 g/mol. The number of pyridine rings is 1. The number of thioether (sulfide) groups is 1. The molecule has 3 heterocycles. The van der Waals surface area contributed by atoms with E-state index in [0.29, 0.717) is 74.6 Å². The van der Waals surface area contributed by atoms with Crippen molar-refractivity contribution in [1.82, 2.24) is 15.0 Å². The lowest BCUT2D eigenvalue weighted by molar-refractivity contribution is 0.0447. The minimum absolute atomic E-state index is 0.0308. The van der Waals surface area contributed by atoms with Crippen molar-refractivity contribution in [2.24, 2.45) is 0 Å². The van der Waals surface area contributed by atoms with Crippen LogP contribution >= 0.6 is 11.8 Å². The monoisotopic (exact) mass is 834 g/mol. The molecule has 0 saturated carbocycles. The van der Waals surface area contributed by atoms with Crippen LogP contribution in [0.25, 0.3) is 32.9 Å². The first-order valence-electron chi connectivity index (χ1n) is 20.6. The number of nitrogens with zero attached hydrogens (tertiary/aromatic N) is 4. The fourth-order valence-electron chi connectivity index (χ4n) is 10.1. The molecule has 2 aromatic carbocycles. The van der Waals surface area contributed by atoms with E-state index in [1.165, 1.54) is 24.9 Å². The van der Waals surface area contributed by atoms with Crippen molar-refractivity contribution in [3.8, 4) is 34.4 Å². The number of fused-ring (bicyclic) bond motifs is 2. The number of anilines is 1. The Morgan fingerprint density at radius 2 is 1.47 bits per heavy atom. The maximum absolute atomic E-state index is 17.8. The third-order valence-electron chi connectivity index (χ3n) is 12.6. The number of rotatable bonds is 12. The van der Waals surface area contributed by atoms with Gasteiger partial charge >= 0.3 is 0 Å². The van der Waals surface area contributed by atoms with Crippen LogP contribution < -0.4 is 14.1 Å². The smallest absolute Gasteiger partial charge is 0.258 e. The quantitative estimate of drug-likeness (QED) is 0.0654. The zero-order valence-electron chi connectivity index (χ0n) is 36.8. The number of hydrogen-bond acceptors (Lipinski definition) is 8. The lowest BCUT2D eigenvalue weighted by atomic mass is 9.94. The highest BCUT2D eigenvalue weighted by Gasteiger charge is 2.47. The summed E-state index contributed by atoms with van der Waals surface area (Å²) in [5.41, 5.74) is 5.19. The van der Waals surface area contributed by atoms with Crippen LogP contribution in [0.1, 0.15) is 108 Å². The predicted molar refractivity (Wildman–Crippen MR) is 240 cm³/mol. The Morgan fingerprint density at radius 1 is 0.860 bits per heavy atom. The summed E-state index contributed by atoms with van der Waals surface area (Å²) in [6, 6.07) is 6.98. The van der Waals surface area contributed by atoms with Crippen LogP contribution in [0.3, 0.4) is 0 Å². The number of aromatic nitrogens is 3. The van der Waals surface area contributed by atoms with Gasteiger partial charge in [-0.1, -0.05) is 107 Å². The molecule has 1 atom stereocenters. The Morgan fingerprint density at radius 3 is 2.00 bits per heavy atom.